The number of nitrogens with one attached hydrogen (secondary N) is 3. The molecular weight excluding hydrogens is 281 g/mol. The molecule has 4 N–H and O–H groups in total. The van der Waals surface area contributed by atoms with E-state index in [1.165, 1.54) is 12.4 Å². The minimum Gasteiger partial charge on any atom is -0.478 e. The second kappa shape index (κ2) is 5.99. The minimum atomic E-state index is -1.34. The third-order valence-electron chi connectivity index (χ3n) is 2.65. The van der Waals surface area contributed by atoms with E-state index in [0.717, 1.165) is 12.1 Å². The van der Waals surface area contributed by atoms with Crippen molar-refractivity contribution in [1.82, 2.24) is 20.5 Å². The third-order valence-corrected chi connectivity index (χ3v) is 2.65. The molecule has 2 amide bonds. The van der Waals surface area contributed by atoms with Gasteiger partial charge in [0.2, 0.25) is 0 Å². The summed E-state index contributed by atoms with van der Waals surface area (Å²) in [5.41, 5.74) is -0.344. The Bertz CT molecular complexity index is 659. The van der Waals surface area contributed by atoms with E-state index >= 15 is 0 Å². The molecule has 0 saturated carbocycles. The number of hydrogen-bond donors (Lipinski definition) is 4. The van der Waals surface area contributed by atoms with Gasteiger partial charge in [-0.15, -0.1) is 0 Å². The molecule has 9 heteroatoms. The summed E-state index contributed by atoms with van der Waals surface area (Å²) in [7, 11) is 0. The van der Waals surface area contributed by atoms with Gasteiger partial charge in [-0.05, 0) is 25.1 Å². The number of carboxylic acids is 1. The van der Waals surface area contributed by atoms with E-state index in [9.17, 15) is 14.0 Å². The molecule has 1 aromatic carbocycles. The van der Waals surface area contributed by atoms with Gasteiger partial charge in [0, 0.05) is 0 Å². The van der Waals surface area contributed by atoms with Crippen molar-refractivity contribution in [3.63, 3.8) is 0 Å². The van der Waals surface area contributed by atoms with Gasteiger partial charge in [-0.1, -0.05) is 0 Å². The molecular formula is C12H12FN5O3. The number of aromatic amines is 1. The first-order valence-electron chi connectivity index (χ1n) is 5.93. The highest BCUT2D eigenvalue weighted by molar-refractivity contribution is 6.00. The van der Waals surface area contributed by atoms with Gasteiger partial charge in [-0.3, -0.25) is 5.10 Å². The molecule has 1 unspecified atom stereocenters. The number of amides is 2. The van der Waals surface area contributed by atoms with E-state index in [0.29, 0.717) is 5.82 Å². The first-order chi connectivity index (χ1) is 9.97. The molecule has 1 heterocycles. The monoisotopic (exact) mass is 293 g/mol. The van der Waals surface area contributed by atoms with Crippen molar-refractivity contribution in [3.8, 4) is 0 Å². The Morgan fingerprint density at radius 2 is 2.19 bits per heavy atom. The minimum absolute atomic E-state index is 0.00818. The van der Waals surface area contributed by atoms with Crippen molar-refractivity contribution in [3.05, 3.63) is 41.7 Å². The number of H-pyrrole nitrogens is 1. The normalized spacial score (nSPS) is 11.7. The summed E-state index contributed by atoms with van der Waals surface area (Å²) >= 11 is 0. The molecule has 0 saturated heterocycles. The zero-order chi connectivity index (χ0) is 15.4. The van der Waals surface area contributed by atoms with E-state index in [4.69, 9.17) is 5.11 Å². The number of hydrogen-bond acceptors (Lipinski definition) is 4. The summed E-state index contributed by atoms with van der Waals surface area (Å²) in [6, 6.07) is 1.96. The van der Waals surface area contributed by atoms with Crippen LogP contribution in [0.5, 0.6) is 0 Å². The van der Waals surface area contributed by atoms with Crippen LogP contribution in [0.15, 0.2) is 24.5 Å². The molecule has 110 valence electrons. The molecule has 1 aromatic heterocycles. The maximum absolute atomic E-state index is 13.0. The van der Waals surface area contributed by atoms with Crippen LogP contribution in [-0.4, -0.2) is 32.3 Å². The maximum atomic E-state index is 13.0. The largest absolute Gasteiger partial charge is 0.478 e. The van der Waals surface area contributed by atoms with E-state index in [1.807, 2.05) is 0 Å². The van der Waals surface area contributed by atoms with Crippen LogP contribution >= 0.6 is 0 Å². The zero-order valence-corrected chi connectivity index (χ0v) is 10.9. The lowest BCUT2D eigenvalue weighted by Crippen LogP contribution is -2.32. The number of carboxylic acid groups (broad SMARTS) is 1. The van der Waals surface area contributed by atoms with E-state index < -0.39 is 23.9 Å². The quantitative estimate of drug-likeness (QED) is 0.681. The fourth-order valence-corrected chi connectivity index (χ4v) is 1.65. The highest BCUT2D eigenvalue weighted by Crippen LogP contribution is 2.17. The molecule has 1 atom stereocenters. The summed E-state index contributed by atoms with van der Waals surface area (Å²) in [4.78, 5) is 26.7. The van der Waals surface area contributed by atoms with Crippen LogP contribution in [0.25, 0.3) is 0 Å². The number of aromatic carboxylic acids is 1. The van der Waals surface area contributed by atoms with Gasteiger partial charge in [0.15, 0.2) is 0 Å². The van der Waals surface area contributed by atoms with E-state index in [-0.39, 0.29) is 11.3 Å². The SMILES string of the molecule is CC(NC(=O)Nc1ccc(F)cc1C(=O)O)c1ncn[nH]1. The molecule has 0 aliphatic rings. The van der Waals surface area contributed by atoms with E-state index in [2.05, 4.69) is 25.8 Å². The van der Waals surface area contributed by atoms with Crippen LogP contribution in [0.1, 0.15) is 29.1 Å². The predicted molar refractivity (Wildman–Crippen MR) is 70.3 cm³/mol. The number of benzene rings is 1. The fraction of sp³-hybridized carbons (Fsp3) is 0.167. The van der Waals surface area contributed by atoms with Crippen LogP contribution < -0.4 is 10.6 Å². The lowest BCUT2D eigenvalue weighted by atomic mass is 10.1. The Morgan fingerprint density at radius 3 is 2.81 bits per heavy atom. The molecule has 0 spiro atoms. The molecule has 0 fully saturated rings. The second-order valence-corrected chi connectivity index (χ2v) is 4.19. The number of urea groups is 1. The Labute approximate surface area is 118 Å². The average Bonchev–Trinajstić information content (AvgIpc) is 2.94. The van der Waals surface area contributed by atoms with Crippen molar-refractivity contribution in [2.75, 3.05) is 5.32 Å². The van der Waals surface area contributed by atoms with Crippen molar-refractivity contribution in [2.24, 2.45) is 0 Å². The Kier molecular flexibility index (Phi) is 4.12. The summed E-state index contributed by atoms with van der Waals surface area (Å²) in [5.74, 6) is -1.59. The Hall–Kier alpha value is -2.97. The topological polar surface area (TPSA) is 120 Å². The average molecular weight is 293 g/mol. The third kappa shape index (κ3) is 3.53. The van der Waals surface area contributed by atoms with Crippen molar-refractivity contribution in [1.29, 1.82) is 0 Å². The summed E-state index contributed by atoms with van der Waals surface area (Å²) < 4.78 is 13.0. The first-order valence-corrected chi connectivity index (χ1v) is 5.93. The lowest BCUT2D eigenvalue weighted by molar-refractivity contribution is 0.0697. The molecule has 0 aliphatic carbocycles. The highest BCUT2D eigenvalue weighted by Gasteiger charge is 2.16. The van der Waals surface area contributed by atoms with Crippen LogP contribution in [-0.2, 0) is 0 Å². The first kappa shape index (κ1) is 14.4. The number of anilines is 1. The smallest absolute Gasteiger partial charge is 0.337 e. The number of carbonyl (C=O) groups is 2. The Morgan fingerprint density at radius 1 is 1.43 bits per heavy atom. The molecule has 0 aliphatic heterocycles. The van der Waals surface area contributed by atoms with Gasteiger partial charge in [-0.25, -0.2) is 19.0 Å². The molecule has 2 rings (SSSR count). The molecule has 21 heavy (non-hydrogen) atoms. The number of rotatable bonds is 4. The van der Waals surface area contributed by atoms with Crippen LogP contribution in [0.4, 0.5) is 14.9 Å². The lowest BCUT2D eigenvalue weighted by Gasteiger charge is -2.13. The van der Waals surface area contributed by atoms with Gasteiger partial charge in [0.05, 0.1) is 17.3 Å². The summed E-state index contributed by atoms with van der Waals surface area (Å²) in [6.45, 7) is 1.67. The highest BCUT2D eigenvalue weighted by atomic mass is 19.1. The number of halogens is 1. The molecule has 8 nitrogen and oxygen atoms in total. The van der Waals surface area contributed by atoms with Crippen molar-refractivity contribution >= 4 is 17.7 Å². The maximum Gasteiger partial charge on any atom is 0.337 e. The van der Waals surface area contributed by atoms with Gasteiger partial charge in [0.1, 0.15) is 18.0 Å². The van der Waals surface area contributed by atoms with Gasteiger partial charge in [-0.2, -0.15) is 5.10 Å². The fourth-order valence-electron chi connectivity index (χ4n) is 1.65. The molecule has 2 aromatic rings. The van der Waals surface area contributed by atoms with Gasteiger partial charge >= 0.3 is 12.0 Å². The molecule has 0 radical (unpaired) electrons. The predicted octanol–water partition coefficient (Wildman–Crippen LogP) is 1.52. The van der Waals surface area contributed by atoms with Crippen LogP contribution in [0.3, 0.4) is 0 Å². The van der Waals surface area contributed by atoms with E-state index in [1.54, 1.807) is 6.92 Å². The summed E-state index contributed by atoms with van der Waals surface area (Å²) in [6.07, 6.45) is 1.30. The zero-order valence-electron chi connectivity index (χ0n) is 10.9. The van der Waals surface area contributed by atoms with Crippen molar-refractivity contribution in [2.45, 2.75) is 13.0 Å². The summed E-state index contributed by atoms with van der Waals surface area (Å²) in [5, 5.41) is 20.1. The van der Waals surface area contributed by atoms with Crippen LogP contribution in [0.2, 0.25) is 0 Å². The number of nitrogens with zero attached hydrogens (tertiary/aromatic N) is 2. The van der Waals surface area contributed by atoms with Crippen molar-refractivity contribution < 1.29 is 19.1 Å². The molecule has 0 bridgehead atoms. The number of carbonyl (C=O) groups excluding carboxylic acids is 1. The second-order valence-electron chi connectivity index (χ2n) is 4.19. The number of aromatic nitrogens is 3. The van der Waals surface area contributed by atoms with Gasteiger partial charge in [0.25, 0.3) is 0 Å². The standard InChI is InChI=1S/C12H12FN5O3/c1-6(10-14-5-15-18-10)16-12(21)17-9-3-2-7(13)4-8(9)11(19)20/h2-6H,1H3,(H,19,20)(H,14,15,18)(H2,16,17,21). The van der Waals surface area contributed by atoms with Crippen LogP contribution in [0, 0.1) is 5.82 Å². The Balaban J connectivity index is 2.08. The van der Waals surface area contributed by atoms with Gasteiger partial charge < -0.3 is 15.7 Å².